The van der Waals surface area contributed by atoms with Crippen LogP contribution in [0.25, 0.3) is 0 Å². The zero-order chi connectivity index (χ0) is 16.3. The Bertz CT molecular complexity index is 561. The van der Waals surface area contributed by atoms with Crippen molar-refractivity contribution in [1.29, 1.82) is 0 Å². The summed E-state index contributed by atoms with van der Waals surface area (Å²) < 4.78 is 0. The number of benzene rings is 1. The van der Waals surface area contributed by atoms with E-state index in [1.807, 2.05) is 35.2 Å². The number of nitrogens with zero attached hydrogens (tertiary/aromatic N) is 1. The van der Waals surface area contributed by atoms with E-state index in [0.717, 1.165) is 18.5 Å². The van der Waals surface area contributed by atoms with Crippen LogP contribution in [0.5, 0.6) is 0 Å². The van der Waals surface area contributed by atoms with Gasteiger partial charge in [0.2, 0.25) is 5.91 Å². The standard InChI is InChI=1S/C19H25NO3/c21-17(12-19(18(22)23)10-5-11-19)20(14-16-8-4-9-16)13-15-6-2-1-3-7-15/h1-3,6-7,16H,4-5,8-14H2,(H,22,23). The second kappa shape index (κ2) is 6.73. The Hall–Kier alpha value is -1.84. The molecular weight excluding hydrogens is 290 g/mol. The molecule has 1 amide bonds. The first-order valence-electron chi connectivity index (χ1n) is 8.64. The lowest BCUT2D eigenvalue weighted by Gasteiger charge is -2.39. The highest BCUT2D eigenvalue weighted by atomic mass is 16.4. The number of carbonyl (C=O) groups excluding carboxylic acids is 1. The molecular formula is C19H25NO3. The van der Waals surface area contributed by atoms with E-state index in [1.54, 1.807) is 0 Å². The van der Waals surface area contributed by atoms with Gasteiger partial charge in [-0.15, -0.1) is 0 Å². The Balaban J connectivity index is 1.68. The van der Waals surface area contributed by atoms with Gasteiger partial charge in [0.15, 0.2) is 0 Å². The minimum Gasteiger partial charge on any atom is -0.481 e. The number of carboxylic acid groups (broad SMARTS) is 1. The molecule has 0 bridgehead atoms. The second-order valence-corrected chi connectivity index (χ2v) is 7.17. The molecule has 1 N–H and O–H groups in total. The number of hydrogen-bond acceptors (Lipinski definition) is 2. The van der Waals surface area contributed by atoms with Gasteiger partial charge in [0.05, 0.1) is 5.41 Å². The van der Waals surface area contributed by atoms with E-state index < -0.39 is 11.4 Å². The van der Waals surface area contributed by atoms with E-state index in [0.29, 0.717) is 25.3 Å². The number of hydrogen-bond donors (Lipinski definition) is 1. The van der Waals surface area contributed by atoms with Crippen LogP contribution in [0, 0.1) is 11.3 Å². The highest BCUT2D eigenvalue weighted by Gasteiger charge is 2.46. The fraction of sp³-hybridized carbons (Fsp3) is 0.579. The van der Waals surface area contributed by atoms with Crippen LogP contribution in [0.4, 0.5) is 0 Å². The van der Waals surface area contributed by atoms with Crippen LogP contribution in [0.15, 0.2) is 30.3 Å². The van der Waals surface area contributed by atoms with Crippen LogP contribution in [-0.2, 0) is 16.1 Å². The average molecular weight is 315 g/mol. The summed E-state index contributed by atoms with van der Waals surface area (Å²) in [5, 5.41) is 9.47. The third-order valence-corrected chi connectivity index (χ3v) is 5.53. The Morgan fingerprint density at radius 1 is 1.13 bits per heavy atom. The average Bonchev–Trinajstić information content (AvgIpc) is 2.45. The van der Waals surface area contributed by atoms with Crippen molar-refractivity contribution < 1.29 is 14.7 Å². The summed E-state index contributed by atoms with van der Waals surface area (Å²) in [5.74, 6) is -0.215. The lowest BCUT2D eigenvalue weighted by atomic mass is 9.66. The number of aliphatic carboxylic acids is 1. The summed E-state index contributed by atoms with van der Waals surface area (Å²) in [5.41, 5.74) is 0.309. The maximum Gasteiger partial charge on any atom is 0.310 e. The fourth-order valence-electron chi connectivity index (χ4n) is 3.52. The van der Waals surface area contributed by atoms with Crippen molar-refractivity contribution in [3.8, 4) is 0 Å². The van der Waals surface area contributed by atoms with E-state index in [9.17, 15) is 14.7 Å². The maximum absolute atomic E-state index is 12.8. The van der Waals surface area contributed by atoms with Gasteiger partial charge in [-0.2, -0.15) is 0 Å². The molecule has 0 radical (unpaired) electrons. The molecule has 23 heavy (non-hydrogen) atoms. The predicted molar refractivity (Wildman–Crippen MR) is 87.7 cm³/mol. The SMILES string of the molecule is O=C(CC1(C(=O)O)CCC1)N(Cc1ccccc1)CC1CCC1. The largest absolute Gasteiger partial charge is 0.481 e. The zero-order valence-electron chi connectivity index (χ0n) is 13.5. The minimum absolute atomic E-state index is 0.00264. The molecule has 1 aromatic rings. The van der Waals surface area contributed by atoms with E-state index >= 15 is 0 Å². The third kappa shape index (κ3) is 3.57. The van der Waals surface area contributed by atoms with Crippen LogP contribution in [0.3, 0.4) is 0 Å². The normalized spacial score (nSPS) is 19.5. The maximum atomic E-state index is 12.8. The van der Waals surface area contributed by atoms with Crippen molar-refractivity contribution in [3.05, 3.63) is 35.9 Å². The van der Waals surface area contributed by atoms with E-state index in [4.69, 9.17) is 0 Å². The van der Waals surface area contributed by atoms with Gasteiger partial charge in [-0.05, 0) is 37.2 Å². The number of amides is 1. The molecule has 124 valence electrons. The Morgan fingerprint density at radius 2 is 1.83 bits per heavy atom. The molecule has 0 heterocycles. The van der Waals surface area contributed by atoms with Crippen LogP contribution >= 0.6 is 0 Å². The topological polar surface area (TPSA) is 57.6 Å². The van der Waals surface area contributed by atoms with Crippen LogP contribution < -0.4 is 0 Å². The van der Waals surface area contributed by atoms with Crippen molar-refractivity contribution >= 4 is 11.9 Å². The smallest absolute Gasteiger partial charge is 0.310 e. The molecule has 0 spiro atoms. The third-order valence-electron chi connectivity index (χ3n) is 5.53. The summed E-state index contributed by atoms with van der Waals surface area (Å²) in [6.45, 7) is 1.36. The van der Waals surface area contributed by atoms with E-state index in [-0.39, 0.29) is 12.3 Å². The minimum atomic E-state index is -0.805. The van der Waals surface area contributed by atoms with Crippen molar-refractivity contribution in [2.45, 2.75) is 51.5 Å². The van der Waals surface area contributed by atoms with Crippen molar-refractivity contribution in [2.75, 3.05) is 6.54 Å². The van der Waals surface area contributed by atoms with Crippen molar-refractivity contribution in [1.82, 2.24) is 4.90 Å². The summed E-state index contributed by atoms with van der Waals surface area (Å²) in [4.78, 5) is 26.2. The van der Waals surface area contributed by atoms with Gasteiger partial charge < -0.3 is 10.0 Å². The highest BCUT2D eigenvalue weighted by molar-refractivity contribution is 5.85. The van der Waals surface area contributed by atoms with Gasteiger partial charge in [0.1, 0.15) is 0 Å². The molecule has 2 fully saturated rings. The molecule has 3 rings (SSSR count). The molecule has 1 aromatic carbocycles. The lowest BCUT2D eigenvalue weighted by Crippen LogP contribution is -2.45. The summed E-state index contributed by atoms with van der Waals surface area (Å²) in [6, 6.07) is 9.97. The Kier molecular flexibility index (Phi) is 4.69. The lowest BCUT2D eigenvalue weighted by molar-refractivity contribution is -0.160. The van der Waals surface area contributed by atoms with Crippen LogP contribution in [-0.4, -0.2) is 28.4 Å². The second-order valence-electron chi connectivity index (χ2n) is 7.17. The van der Waals surface area contributed by atoms with Gasteiger partial charge >= 0.3 is 5.97 Å². The molecule has 2 aliphatic rings. The van der Waals surface area contributed by atoms with Gasteiger partial charge in [0, 0.05) is 19.5 Å². The number of rotatable bonds is 7. The summed E-state index contributed by atoms with van der Waals surface area (Å²) in [7, 11) is 0. The fourth-order valence-corrected chi connectivity index (χ4v) is 3.52. The molecule has 4 heteroatoms. The molecule has 0 aromatic heterocycles. The highest BCUT2D eigenvalue weighted by Crippen LogP contribution is 2.44. The van der Waals surface area contributed by atoms with Gasteiger partial charge in [0.25, 0.3) is 0 Å². The predicted octanol–water partition coefficient (Wildman–Crippen LogP) is 3.46. The molecule has 0 aliphatic heterocycles. The summed E-state index contributed by atoms with van der Waals surface area (Å²) in [6.07, 6.45) is 5.96. The molecule has 2 aliphatic carbocycles. The first-order valence-corrected chi connectivity index (χ1v) is 8.64. The summed E-state index contributed by atoms with van der Waals surface area (Å²) >= 11 is 0. The van der Waals surface area contributed by atoms with E-state index in [1.165, 1.54) is 19.3 Å². The number of carbonyl (C=O) groups is 2. The van der Waals surface area contributed by atoms with Gasteiger partial charge in [-0.1, -0.05) is 43.2 Å². The molecule has 0 unspecified atom stereocenters. The van der Waals surface area contributed by atoms with Crippen molar-refractivity contribution in [2.24, 2.45) is 11.3 Å². The van der Waals surface area contributed by atoms with E-state index in [2.05, 4.69) is 0 Å². The monoisotopic (exact) mass is 315 g/mol. The quantitative estimate of drug-likeness (QED) is 0.838. The molecule has 2 saturated carbocycles. The Morgan fingerprint density at radius 3 is 2.30 bits per heavy atom. The first-order chi connectivity index (χ1) is 11.1. The van der Waals surface area contributed by atoms with Gasteiger partial charge in [-0.3, -0.25) is 9.59 Å². The zero-order valence-corrected chi connectivity index (χ0v) is 13.5. The first kappa shape index (κ1) is 16.0. The van der Waals surface area contributed by atoms with Gasteiger partial charge in [-0.25, -0.2) is 0 Å². The van der Waals surface area contributed by atoms with Crippen molar-refractivity contribution in [3.63, 3.8) is 0 Å². The molecule has 0 saturated heterocycles. The molecule has 4 nitrogen and oxygen atoms in total. The molecule has 0 atom stereocenters. The van der Waals surface area contributed by atoms with Crippen LogP contribution in [0.1, 0.15) is 50.5 Å². The van der Waals surface area contributed by atoms with Crippen LogP contribution in [0.2, 0.25) is 0 Å². The Labute approximate surface area is 137 Å². The number of carboxylic acids is 1.